The van der Waals surface area contributed by atoms with E-state index >= 15 is 0 Å². The molecule has 0 bridgehead atoms. The van der Waals surface area contributed by atoms with Crippen LogP contribution in [-0.4, -0.2) is 34.9 Å². The molecule has 1 aliphatic rings. The highest BCUT2D eigenvalue weighted by molar-refractivity contribution is 9.09. The topological polar surface area (TPSA) is 20.3 Å². The van der Waals surface area contributed by atoms with E-state index in [1.807, 2.05) is 13.8 Å². The van der Waals surface area contributed by atoms with Crippen LogP contribution in [0.4, 0.5) is 13.2 Å². The monoisotopic (exact) mass is 343 g/mol. The lowest BCUT2D eigenvalue weighted by atomic mass is 9.81. The van der Waals surface area contributed by atoms with Crippen molar-refractivity contribution < 1.29 is 18.0 Å². The van der Waals surface area contributed by atoms with E-state index in [0.29, 0.717) is 24.7 Å². The van der Waals surface area contributed by atoms with Crippen molar-refractivity contribution in [2.75, 3.05) is 11.9 Å². The Hall–Kier alpha value is -0.260. The molecule has 0 atom stereocenters. The highest BCUT2D eigenvalue weighted by Gasteiger charge is 2.43. The van der Waals surface area contributed by atoms with Gasteiger partial charge in [0.05, 0.1) is 5.92 Å². The van der Waals surface area contributed by atoms with Crippen molar-refractivity contribution >= 4 is 21.8 Å². The van der Waals surface area contributed by atoms with Crippen LogP contribution in [0.25, 0.3) is 0 Å². The van der Waals surface area contributed by atoms with Gasteiger partial charge in [-0.25, -0.2) is 0 Å². The Bertz CT molecular complexity index is 299. The minimum Gasteiger partial charge on any atom is -0.339 e. The summed E-state index contributed by atoms with van der Waals surface area (Å²) in [7, 11) is 0. The summed E-state index contributed by atoms with van der Waals surface area (Å²) in [5.41, 5.74) is 0. The molecule has 0 N–H and O–H groups in total. The first-order valence-electron chi connectivity index (χ1n) is 6.70. The summed E-state index contributed by atoms with van der Waals surface area (Å²) in [6, 6.07) is 0.0883. The Kier molecular flexibility index (Phi) is 6.15. The fraction of sp³-hybridized carbons (Fsp3) is 0.923. The highest BCUT2D eigenvalue weighted by atomic mass is 79.9. The lowest BCUT2D eigenvalue weighted by Gasteiger charge is -2.34. The van der Waals surface area contributed by atoms with E-state index in [4.69, 9.17) is 0 Å². The molecule has 1 fully saturated rings. The zero-order valence-corrected chi connectivity index (χ0v) is 12.9. The molecule has 0 unspecified atom stereocenters. The fourth-order valence-electron chi connectivity index (χ4n) is 2.62. The lowest BCUT2D eigenvalue weighted by molar-refractivity contribution is -0.185. The number of alkyl halides is 4. The minimum atomic E-state index is -4.11. The quantitative estimate of drug-likeness (QED) is 0.707. The van der Waals surface area contributed by atoms with Crippen LogP contribution in [0, 0.1) is 11.8 Å². The van der Waals surface area contributed by atoms with Crippen molar-refractivity contribution in [3.63, 3.8) is 0 Å². The van der Waals surface area contributed by atoms with E-state index in [0.717, 1.165) is 0 Å². The molecule has 0 aromatic heterocycles. The smallest absolute Gasteiger partial charge is 0.339 e. The summed E-state index contributed by atoms with van der Waals surface area (Å²) in [6.07, 6.45) is -3.23. The van der Waals surface area contributed by atoms with Crippen LogP contribution in [-0.2, 0) is 4.79 Å². The lowest BCUT2D eigenvalue weighted by Crippen LogP contribution is -2.43. The predicted octanol–water partition coefficient (Wildman–Crippen LogP) is 3.99. The first kappa shape index (κ1) is 16.8. The van der Waals surface area contributed by atoms with Crippen molar-refractivity contribution in [1.29, 1.82) is 0 Å². The van der Waals surface area contributed by atoms with E-state index in [9.17, 15) is 18.0 Å². The number of carbonyl (C=O) groups is 1. The number of hydrogen-bond donors (Lipinski definition) is 0. The van der Waals surface area contributed by atoms with Crippen LogP contribution in [0.2, 0.25) is 0 Å². The fourth-order valence-corrected chi connectivity index (χ4v) is 3.00. The Balaban J connectivity index is 2.56. The molecule has 2 nitrogen and oxygen atoms in total. The standard InChI is InChI=1S/C13H21BrF3NO/c1-9(2)18(8-7-14)12(19)10-3-5-11(6-4-10)13(15,16)17/h9-11H,3-8H2,1-2H3. The second kappa shape index (κ2) is 6.95. The molecule has 112 valence electrons. The third-order valence-electron chi connectivity index (χ3n) is 3.77. The molecule has 1 saturated carbocycles. The number of rotatable bonds is 4. The van der Waals surface area contributed by atoms with Crippen LogP contribution in [0.3, 0.4) is 0 Å². The van der Waals surface area contributed by atoms with E-state index in [1.165, 1.54) is 0 Å². The van der Waals surface area contributed by atoms with E-state index in [-0.39, 0.29) is 30.7 Å². The maximum atomic E-state index is 12.6. The summed E-state index contributed by atoms with van der Waals surface area (Å²) in [6.45, 7) is 4.47. The van der Waals surface area contributed by atoms with Gasteiger partial charge in [0.25, 0.3) is 0 Å². The highest BCUT2D eigenvalue weighted by Crippen LogP contribution is 2.40. The number of amides is 1. The molecule has 0 aromatic rings. The van der Waals surface area contributed by atoms with Crippen LogP contribution in [0.5, 0.6) is 0 Å². The van der Waals surface area contributed by atoms with Crippen molar-refractivity contribution in [2.24, 2.45) is 11.8 Å². The van der Waals surface area contributed by atoms with Gasteiger partial charge in [-0.05, 0) is 39.5 Å². The van der Waals surface area contributed by atoms with Gasteiger partial charge in [-0.1, -0.05) is 15.9 Å². The van der Waals surface area contributed by atoms with Gasteiger partial charge in [-0.15, -0.1) is 0 Å². The second-order valence-corrected chi connectivity index (χ2v) is 6.20. The third kappa shape index (κ3) is 4.65. The number of nitrogens with zero attached hydrogens (tertiary/aromatic N) is 1. The summed E-state index contributed by atoms with van der Waals surface area (Å²) in [5.74, 6) is -1.45. The molecule has 0 spiro atoms. The SMILES string of the molecule is CC(C)N(CCBr)C(=O)C1CCC(C(F)(F)F)CC1. The molecular formula is C13H21BrF3NO. The number of halogens is 4. The van der Waals surface area contributed by atoms with Crippen molar-refractivity contribution in [2.45, 2.75) is 51.7 Å². The molecule has 0 radical (unpaired) electrons. The normalized spacial score (nSPS) is 24.6. The van der Waals surface area contributed by atoms with Gasteiger partial charge >= 0.3 is 6.18 Å². The maximum Gasteiger partial charge on any atom is 0.391 e. The van der Waals surface area contributed by atoms with Gasteiger partial charge in [0, 0.05) is 23.8 Å². The van der Waals surface area contributed by atoms with Gasteiger partial charge in [0.1, 0.15) is 0 Å². The van der Waals surface area contributed by atoms with Crippen LogP contribution in [0.1, 0.15) is 39.5 Å². The molecule has 6 heteroatoms. The Morgan fingerprint density at radius 2 is 1.79 bits per heavy atom. The van der Waals surface area contributed by atoms with E-state index in [2.05, 4.69) is 15.9 Å². The van der Waals surface area contributed by atoms with E-state index < -0.39 is 12.1 Å². The van der Waals surface area contributed by atoms with Gasteiger partial charge in [-0.2, -0.15) is 13.2 Å². The summed E-state index contributed by atoms with van der Waals surface area (Å²) >= 11 is 3.30. The first-order valence-corrected chi connectivity index (χ1v) is 7.82. The Labute approximate surface area is 120 Å². The van der Waals surface area contributed by atoms with Crippen LogP contribution < -0.4 is 0 Å². The zero-order chi connectivity index (χ0) is 14.6. The molecule has 1 aliphatic carbocycles. The van der Waals surface area contributed by atoms with Gasteiger partial charge in [0.2, 0.25) is 5.91 Å². The molecule has 0 heterocycles. The largest absolute Gasteiger partial charge is 0.391 e. The maximum absolute atomic E-state index is 12.6. The van der Waals surface area contributed by atoms with Gasteiger partial charge in [0.15, 0.2) is 0 Å². The van der Waals surface area contributed by atoms with E-state index in [1.54, 1.807) is 4.90 Å². The summed E-state index contributed by atoms with van der Waals surface area (Å²) in [4.78, 5) is 14.1. The predicted molar refractivity (Wildman–Crippen MR) is 72.1 cm³/mol. The van der Waals surface area contributed by atoms with Crippen molar-refractivity contribution in [1.82, 2.24) is 4.90 Å². The second-order valence-electron chi connectivity index (χ2n) is 5.40. The van der Waals surface area contributed by atoms with Crippen molar-refractivity contribution in [3.05, 3.63) is 0 Å². The van der Waals surface area contributed by atoms with Gasteiger partial charge < -0.3 is 4.90 Å². The Morgan fingerprint density at radius 3 is 2.16 bits per heavy atom. The molecule has 1 rings (SSSR count). The van der Waals surface area contributed by atoms with Gasteiger partial charge in [-0.3, -0.25) is 4.79 Å². The summed E-state index contributed by atoms with van der Waals surface area (Å²) in [5, 5.41) is 0.689. The molecule has 1 amide bonds. The molecule has 0 aliphatic heterocycles. The van der Waals surface area contributed by atoms with Crippen molar-refractivity contribution in [3.8, 4) is 0 Å². The average Bonchev–Trinajstić information content (AvgIpc) is 2.34. The molecular weight excluding hydrogens is 323 g/mol. The Morgan fingerprint density at radius 1 is 1.26 bits per heavy atom. The van der Waals surface area contributed by atoms with Crippen LogP contribution >= 0.6 is 15.9 Å². The zero-order valence-electron chi connectivity index (χ0n) is 11.3. The average molecular weight is 344 g/mol. The minimum absolute atomic E-state index is 0.00933. The third-order valence-corrected chi connectivity index (χ3v) is 4.13. The molecule has 0 aromatic carbocycles. The molecule has 0 saturated heterocycles. The summed E-state index contributed by atoms with van der Waals surface area (Å²) < 4.78 is 37.7. The molecule has 19 heavy (non-hydrogen) atoms. The van der Waals surface area contributed by atoms with Crippen LogP contribution in [0.15, 0.2) is 0 Å². The number of carbonyl (C=O) groups excluding carboxylic acids is 1. The first-order chi connectivity index (χ1) is 8.77. The number of hydrogen-bond acceptors (Lipinski definition) is 1.